The molecule has 16 nitrogen and oxygen atoms in total. The first kappa shape index (κ1) is 42.6. The van der Waals surface area contributed by atoms with E-state index >= 15 is 0 Å². The highest BCUT2D eigenvalue weighted by Crippen LogP contribution is 2.53. The fraction of sp³-hybridized carbons (Fsp3) is 0.439. The van der Waals surface area contributed by atoms with Gasteiger partial charge >= 0.3 is 30.0 Å². The molecule has 2 aliphatic rings. The zero-order chi connectivity index (χ0) is 41.1. The molecule has 57 heavy (non-hydrogen) atoms. The van der Waals surface area contributed by atoms with Gasteiger partial charge in [-0.15, -0.1) is 0 Å². The number of aliphatic hydroxyl groups is 1. The van der Waals surface area contributed by atoms with Crippen LogP contribution in [0.25, 0.3) is 11.1 Å². The van der Waals surface area contributed by atoms with E-state index in [1.165, 1.54) is 6.07 Å². The van der Waals surface area contributed by atoms with Gasteiger partial charge < -0.3 is 53.1 Å². The van der Waals surface area contributed by atoms with Gasteiger partial charge in [0.05, 0.1) is 39.5 Å². The second-order valence-corrected chi connectivity index (χ2v) is 13.0. The van der Waals surface area contributed by atoms with Crippen LogP contribution in [0.1, 0.15) is 62.0 Å². The highest BCUT2D eigenvalue weighted by atomic mass is 16.7. The number of ether oxygens (including phenoxy) is 9. The number of aliphatic hydroxyl groups excluding tert-OH is 1. The van der Waals surface area contributed by atoms with Gasteiger partial charge in [-0.3, -0.25) is 14.4 Å². The minimum absolute atomic E-state index is 0.0180. The van der Waals surface area contributed by atoms with E-state index in [0.29, 0.717) is 25.4 Å². The van der Waals surface area contributed by atoms with Gasteiger partial charge in [-0.25, -0.2) is 9.59 Å². The van der Waals surface area contributed by atoms with Crippen molar-refractivity contribution in [1.29, 1.82) is 0 Å². The minimum Gasteiger partial charge on any atom is -0.467 e. The van der Waals surface area contributed by atoms with Crippen molar-refractivity contribution in [3.05, 3.63) is 89.0 Å². The molecule has 1 aliphatic carbocycles. The normalized spacial score (nSPS) is 20.3. The van der Waals surface area contributed by atoms with Crippen LogP contribution in [0.5, 0.6) is 5.75 Å². The van der Waals surface area contributed by atoms with E-state index in [1.807, 2.05) is 55.5 Å². The maximum atomic E-state index is 13.7. The predicted molar refractivity (Wildman–Crippen MR) is 199 cm³/mol. The zero-order valence-electron chi connectivity index (χ0n) is 32.3. The molecule has 3 aromatic rings. The van der Waals surface area contributed by atoms with Crippen molar-refractivity contribution in [2.45, 2.75) is 77.0 Å². The Kier molecular flexibility index (Phi) is 15.0. The molecule has 5 rings (SSSR count). The molecule has 0 bridgehead atoms. The van der Waals surface area contributed by atoms with Crippen LogP contribution in [0.4, 0.5) is 4.79 Å². The summed E-state index contributed by atoms with van der Waals surface area (Å²) in [6, 6.07) is 20.0. The van der Waals surface area contributed by atoms with E-state index in [9.17, 15) is 29.1 Å². The number of carbonyl (C=O) groups is 5. The molecule has 0 radical (unpaired) electrons. The molecule has 0 saturated carbocycles. The Labute approximate surface area is 329 Å². The SMILES string of the molecule is CCOCCOCCNC(=O)OC(c1cc(CO)ccc1O[C@@H]1O[C@H](C(=O)OC)[C@@H](OC(C)=O)[C@H](OC(C)=O)[C@H]1OC(C)=O)C1c2ccccc2-c2ccccc21. The summed E-state index contributed by atoms with van der Waals surface area (Å²) in [5, 5.41) is 13.0. The fourth-order valence-corrected chi connectivity index (χ4v) is 6.90. The highest BCUT2D eigenvalue weighted by molar-refractivity contribution is 5.80. The molecule has 1 aliphatic heterocycles. The van der Waals surface area contributed by atoms with Crippen LogP contribution in [0, 0.1) is 0 Å². The Bertz CT molecular complexity index is 1850. The molecule has 1 fully saturated rings. The molecule has 0 spiro atoms. The zero-order valence-corrected chi connectivity index (χ0v) is 32.3. The third kappa shape index (κ3) is 10.5. The number of alkyl carbamates (subject to hydrolysis) is 1. The predicted octanol–water partition coefficient (Wildman–Crippen LogP) is 3.88. The van der Waals surface area contributed by atoms with Gasteiger partial charge in [0.25, 0.3) is 0 Å². The third-order valence-electron chi connectivity index (χ3n) is 9.15. The lowest BCUT2D eigenvalue weighted by molar-refractivity contribution is -0.282. The quantitative estimate of drug-likeness (QED) is 0.113. The van der Waals surface area contributed by atoms with Crippen molar-refractivity contribution < 1.29 is 71.7 Å². The van der Waals surface area contributed by atoms with Crippen molar-refractivity contribution in [2.24, 2.45) is 0 Å². The molecule has 16 heteroatoms. The van der Waals surface area contributed by atoms with Gasteiger partial charge in [0.1, 0.15) is 11.9 Å². The van der Waals surface area contributed by atoms with Gasteiger partial charge in [0.15, 0.2) is 18.3 Å². The van der Waals surface area contributed by atoms with Crippen molar-refractivity contribution in [3.63, 3.8) is 0 Å². The topological polar surface area (TPSA) is 201 Å². The van der Waals surface area contributed by atoms with Crippen LogP contribution < -0.4 is 10.1 Å². The Morgan fingerprint density at radius 1 is 0.772 bits per heavy atom. The number of esters is 4. The van der Waals surface area contributed by atoms with Gasteiger partial charge in [-0.05, 0) is 46.9 Å². The molecule has 6 atom stereocenters. The Morgan fingerprint density at radius 2 is 1.37 bits per heavy atom. The van der Waals surface area contributed by atoms with E-state index in [-0.39, 0.29) is 24.5 Å². The first-order valence-electron chi connectivity index (χ1n) is 18.4. The number of methoxy groups -OCH3 is 1. The molecular weight excluding hydrogens is 746 g/mol. The van der Waals surface area contributed by atoms with Gasteiger partial charge in [-0.2, -0.15) is 0 Å². The fourth-order valence-electron chi connectivity index (χ4n) is 6.90. The molecular formula is C41H47NO15. The van der Waals surface area contributed by atoms with E-state index in [0.717, 1.165) is 50.1 Å². The number of hydrogen-bond donors (Lipinski definition) is 2. The van der Waals surface area contributed by atoms with E-state index < -0.39 is 79.3 Å². The monoisotopic (exact) mass is 793 g/mol. The molecule has 3 aromatic carbocycles. The summed E-state index contributed by atoms with van der Waals surface area (Å²) in [4.78, 5) is 63.9. The minimum atomic E-state index is -1.72. The number of rotatable bonds is 17. The molecule has 306 valence electrons. The number of amides is 1. The third-order valence-corrected chi connectivity index (χ3v) is 9.15. The highest BCUT2D eigenvalue weighted by Gasteiger charge is 2.56. The number of carbonyl (C=O) groups excluding carboxylic acids is 5. The van der Waals surface area contributed by atoms with Crippen LogP contribution in [0.15, 0.2) is 66.7 Å². The van der Waals surface area contributed by atoms with Gasteiger partial charge in [-0.1, -0.05) is 54.6 Å². The lowest BCUT2D eigenvalue weighted by atomic mass is 9.86. The first-order chi connectivity index (χ1) is 27.5. The lowest BCUT2D eigenvalue weighted by Gasteiger charge is -2.43. The van der Waals surface area contributed by atoms with Crippen molar-refractivity contribution in [2.75, 3.05) is 40.1 Å². The average molecular weight is 794 g/mol. The van der Waals surface area contributed by atoms with Crippen molar-refractivity contribution >= 4 is 30.0 Å². The average Bonchev–Trinajstić information content (AvgIpc) is 3.52. The summed E-state index contributed by atoms with van der Waals surface area (Å²) in [5.41, 5.74) is 4.20. The Balaban J connectivity index is 1.60. The molecule has 0 aromatic heterocycles. The van der Waals surface area contributed by atoms with Crippen LogP contribution in [-0.4, -0.2) is 106 Å². The molecule has 1 heterocycles. The molecule has 1 amide bonds. The lowest BCUT2D eigenvalue weighted by Crippen LogP contribution is -2.64. The number of hydrogen-bond acceptors (Lipinski definition) is 15. The summed E-state index contributed by atoms with van der Waals surface area (Å²) in [6.45, 7) is 6.32. The number of benzene rings is 3. The maximum Gasteiger partial charge on any atom is 0.407 e. The largest absolute Gasteiger partial charge is 0.467 e. The van der Waals surface area contributed by atoms with Gasteiger partial charge in [0, 0.05) is 39.5 Å². The summed E-state index contributed by atoms with van der Waals surface area (Å²) >= 11 is 0. The van der Waals surface area contributed by atoms with Crippen LogP contribution in [0.2, 0.25) is 0 Å². The van der Waals surface area contributed by atoms with Crippen molar-refractivity contribution in [1.82, 2.24) is 5.32 Å². The Morgan fingerprint density at radius 3 is 1.96 bits per heavy atom. The number of fused-ring (bicyclic) bond motifs is 3. The van der Waals surface area contributed by atoms with Crippen LogP contribution in [0.3, 0.4) is 0 Å². The summed E-state index contributed by atoms with van der Waals surface area (Å²) < 4.78 is 51.1. The summed E-state index contributed by atoms with van der Waals surface area (Å²) in [7, 11) is 1.08. The first-order valence-corrected chi connectivity index (χ1v) is 18.4. The maximum absolute atomic E-state index is 13.7. The Hall–Kier alpha value is -5.55. The van der Waals surface area contributed by atoms with Crippen LogP contribution in [-0.2, 0) is 63.7 Å². The molecule has 1 unspecified atom stereocenters. The summed E-state index contributed by atoms with van der Waals surface area (Å²) in [6.07, 6.45) is -10.2. The second kappa shape index (κ2) is 20.0. The van der Waals surface area contributed by atoms with Gasteiger partial charge in [0.2, 0.25) is 12.4 Å². The standard InChI is InChI=1S/C41H47NO15/c1-6-50-19-20-51-18-17-42-41(48)57-34(33-29-13-9-7-11-27(29)28-12-8-10-14-30(28)33)31-21-26(22-43)15-16-32(31)55-40-38(54-25(4)46)36(53-24(3)45)35(52-23(2)44)37(56-40)39(47)49-5/h7-16,21,33-38,40,43H,6,17-20,22H2,1-5H3,(H,42,48)/t34?,35-,36-,37-,38+,40+/m0/s1. The van der Waals surface area contributed by atoms with Crippen molar-refractivity contribution in [3.8, 4) is 16.9 Å². The van der Waals surface area contributed by atoms with E-state index in [4.69, 9.17) is 42.6 Å². The second-order valence-electron chi connectivity index (χ2n) is 13.0. The summed E-state index contributed by atoms with van der Waals surface area (Å²) in [5.74, 6) is -4.16. The molecule has 1 saturated heterocycles. The van der Waals surface area contributed by atoms with Crippen LogP contribution >= 0.6 is 0 Å². The number of nitrogens with one attached hydrogen (secondary N) is 1. The smallest absolute Gasteiger partial charge is 0.407 e. The molecule has 2 N–H and O–H groups in total. The van der Waals surface area contributed by atoms with E-state index in [2.05, 4.69) is 5.32 Å². The van der Waals surface area contributed by atoms with E-state index in [1.54, 1.807) is 12.1 Å².